The molecule has 1 aliphatic heterocycles. The Labute approximate surface area is 190 Å². The van der Waals surface area contributed by atoms with Crippen LogP contribution in [0.1, 0.15) is 17.5 Å². The molecule has 1 heterocycles. The standard InChI is InChI=1S/C22H30N4O2.HI/c1-16-6-5-7-17(10-16)14-24-22(23-2)25-18-8-9-26(15-18)19-11-20(27-3)13-21(12-19)28-4;/h5-7,10-13,18H,8-9,14-15H2,1-4H3,(H2,23,24,25);1H. The van der Waals surface area contributed by atoms with E-state index in [1.54, 1.807) is 14.2 Å². The number of aryl methyl sites for hydroxylation is 1. The van der Waals surface area contributed by atoms with Gasteiger partial charge in [-0.05, 0) is 18.9 Å². The Hall–Kier alpha value is -2.16. The van der Waals surface area contributed by atoms with Gasteiger partial charge in [0.15, 0.2) is 5.96 Å². The molecule has 0 saturated carbocycles. The van der Waals surface area contributed by atoms with Crippen molar-refractivity contribution in [1.29, 1.82) is 0 Å². The molecule has 2 N–H and O–H groups in total. The molecule has 1 saturated heterocycles. The van der Waals surface area contributed by atoms with Crippen molar-refractivity contribution in [3.8, 4) is 11.5 Å². The molecule has 1 unspecified atom stereocenters. The van der Waals surface area contributed by atoms with E-state index < -0.39 is 0 Å². The van der Waals surface area contributed by atoms with E-state index in [1.807, 2.05) is 13.1 Å². The van der Waals surface area contributed by atoms with Crippen molar-refractivity contribution >= 4 is 35.6 Å². The van der Waals surface area contributed by atoms with Crippen molar-refractivity contribution in [2.75, 3.05) is 39.3 Å². The van der Waals surface area contributed by atoms with Crippen molar-refractivity contribution in [2.24, 2.45) is 4.99 Å². The van der Waals surface area contributed by atoms with Crippen LogP contribution in [0.25, 0.3) is 0 Å². The topological polar surface area (TPSA) is 58.1 Å². The molecule has 6 nitrogen and oxygen atoms in total. The molecule has 2 aromatic rings. The largest absolute Gasteiger partial charge is 0.497 e. The highest BCUT2D eigenvalue weighted by Crippen LogP contribution is 2.30. The number of methoxy groups -OCH3 is 2. The fourth-order valence-electron chi connectivity index (χ4n) is 3.48. The zero-order valence-corrected chi connectivity index (χ0v) is 19.9. The molecule has 0 aromatic heterocycles. The van der Waals surface area contributed by atoms with Gasteiger partial charge < -0.3 is 25.0 Å². The second-order valence-corrected chi connectivity index (χ2v) is 7.06. The van der Waals surface area contributed by atoms with E-state index in [4.69, 9.17) is 9.47 Å². The maximum Gasteiger partial charge on any atom is 0.191 e. The number of halogens is 1. The summed E-state index contributed by atoms with van der Waals surface area (Å²) in [6.45, 7) is 4.74. The quantitative estimate of drug-likeness (QED) is 0.354. The second-order valence-electron chi connectivity index (χ2n) is 7.06. The first kappa shape index (κ1) is 23.1. The molecule has 3 rings (SSSR count). The molecule has 1 aliphatic rings. The molecule has 0 radical (unpaired) electrons. The van der Waals surface area contributed by atoms with Gasteiger partial charge >= 0.3 is 0 Å². The van der Waals surface area contributed by atoms with Crippen LogP contribution >= 0.6 is 24.0 Å². The molecule has 158 valence electrons. The number of nitrogens with zero attached hydrogens (tertiary/aromatic N) is 2. The third kappa shape index (κ3) is 6.42. The number of guanidine groups is 1. The van der Waals surface area contributed by atoms with Gasteiger partial charge in [-0.15, -0.1) is 24.0 Å². The SMILES string of the molecule is CN=C(NCc1cccc(C)c1)NC1CCN(c2cc(OC)cc(OC)c2)C1.I. The first-order valence-corrected chi connectivity index (χ1v) is 9.62. The Balaban J connectivity index is 0.00000300. The van der Waals surface area contributed by atoms with Gasteiger partial charge in [0.05, 0.1) is 14.2 Å². The first-order valence-electron chi connectivity index (χ1n) is 9.62. The molecule has 0 aliphatic carbocycles. The molecule has 0 spiro atoms. The van der Waals surface area contributed by atoms with Gasteiger partial charge in [-0.25, -0.2) is 0 Å². The fourth-order valence-corrected chi connectivity index (χ4v) is 3.48. The minimum atomic E-state index is 0. The number of rotatable bonds is 6. The van der Waals surface area contributed by atoms with E-state index in [0.29, 0.717) is 6.04 Å². The highest BCUT2D eigenvalue weighted by atomic mass is 127. The summed E-state index contributed by atoms with van der Waals surface area (Å²) in [5.41, 5.74) is 3.63. The summed E-state index contributed by atoms with van der Waals surface area (Å²) in [7, 11) is 5.17. The molecule has 7 heteroatoms. The Morgan fingerprint density at radius 1 is 1.14 bits per heavy atom. The zero-order valence-electron chi connectivity index (χ0n) is 17.6. The van der Waals surface area contributed by atoms with E-state index >= 15 is 0 Å². The molecular weight excluding hydrogens is 479 g/mol. The number of nitrogens with one attached hydrogen (secondary N) is 2. The van der Waals surface area contributed by atoms with Crippen LogP contribution in [0.2, 0.25) is 0 Å². The predicted octanol–water partition coefficient (Wildman–Crippen LogP) is 3.57. The number of anilines is 1. The number of ether oxygens (including phenoxy) is 2. The Kier molecular flexibility index (Phi) is 8.88. The van der Waals surface area contributed by atoms with Crippen LogP contribution in [0.15, 0.2) is 47.5 Å². The van der Waals surface area contributed by atoms with Crippen LogP contribution in [0.3, 0.4) is 0 Å². The average Bonchev–Trinajstić information content (AvgIpc) is 3.19. The van der Waals surface area contributed by atoms with E-state index in [1.165, 1.54) is 11.1 Å². The van der Waals surface area contributed by atoms with Crippen LogP contribution in [0.5, 0.6) is 11.5 Å². The maximum absolute atomic E-state index is 5.40. The van der Waals surface area contributed by atoms with Crippen molar-refractivity contribution in [3.63, 3.8) is 0 Å². The van der Waals surface area contributed by atoms with Gasteiger partial charge in [-0.3, -0.25) is 4.99 Å². The summed E-state index contributed by atoms with van der Waals surface area (Å²) in [5, 5.41) is 6.95. The third-order valence-electron chi connectivity index (χ3n) is 5.00. The van der Waals surface area contributed by atoms with Crippen LogP contribution in [-0.4, -0.2) is 46.4 Å². The summed E-state index contributed by atoms with van der Waals surface area (Å²) >= 11 is 0. The number of hydrogen-bond donors (Lipinski definition) is 2. The highest BCUT2D eigenvalue weighted by Gasteiger charge is 2.24. The lowest BCUT2D eigenvalue weighted by molar-refractivity contribution is 0.394. The van der Waals surface area contributed by atoms with Gasteiger partial charge in [-0.1, -0.05) is 29.8 Å². The molecular formula is C22H31IN4O2. The summed E-state index contributed by atoms with van der Waals surface area (Å²) in [6.07, 6.45) is 1.05. The average molecular weight is 510 g/mol. The molecule has 1 fully saturated rings. The second kappa shape index (κ2) is 11.1. The maximum atomic E-state index is 5.40. The minimum Gasteiger partial charge on any atom is -0.497 e. The Morgan fingerprint density at radius 3 is 2.48 bits per heavy atom. The van der Waals surface area contributed by atoms with Crippen molar-refractivity contribution in [3.05, 3.63) is 53.6 Å². The fraction of sp³-hybridized carbons (Fsp3) is 0.409. The molecule has 1 atom stereocenters. The predicted molar refractivity (Wildman–Crippen MR) is 130 cm³/mol. The van der Waals surface area contributed by atoms with E-state index in [-0.39, 0.29) is 24.0 Å². The molecule has 0 amide bonds. The van der Waals surface area contributed by atoms with Crippen LogP contribution < -0.4 is 25.0 Å². The van der Waals surface area contributed by atoms with E-state index in [2.05, 4.69) is 63.8 Å². The van der Waals surface area contributed by atoms with Gasteiger partial charge in [0.25, 0.3) is 0 Å². The van der Waals surface area contributed by atoms with Crippen LogP contribution in [-0.2, 0) is 6.54 Å². The molecule has 0 bridgehead atoms. The number of hydrogen-bond acceptors (Lipinski definition) is 4. The third-order valence-corrected chi connectivity index (χ3v) is 5.00. The Bertz CT molecular complexity index is 806. The normalized spacial score (nSPS) is 16.2. The minimum absolute atomic E-state index is 0. The van der Waals surface area contributed by atoms with Gasteiger partial charge in [0.2, 0.25) is 0 Å². The van der Waals surface area contributed by atoms with Gasteiger partial charge in [0, 0.05) is 56.6 Å². The summed E-state index contributed by atoms with van der Waals surface area (Å²) in [6, 6.07) is 14.8. The van der Waals surface area contributed by atoms with Crippen LogP contribution in [0.4, 0.5) is 5.69 Å². The first-order chi connectivity index (χ1) is 13.6. The summed E-state index contributed by atoms with van der Waals surface area (Å²) < 4.78 is 10.8. The smallest absolute Gasteiger partial charge is 0.191 e. The monoisotopic (exact) mass is 510 g/mol. The molecule has 29 heavy (non-hydrogen) atoms. The summed E-state index contributed by atoms with van der Waals surface area (Å²) in [4.78, 5) is 6.72. The van der Waals surface area contributed by atoms with E-state index in [9.17, 15) is 0 Å². The number of benzene rings is 2. The Morgan fingerprint density at radius 2 is 1.86 bits per heavy atom. The summed E-state index contributed by atoms with van der Waals surface area (Å²) in [5.74, 6) is 2.44. The lowest BCUT2D eigenvalue weighted by atomic mass is 10.1. The lowest BCUT2D eigenvalue weighted by Gasteiger charge is -2.21. The lowest BCUT2D eigenvalue weighted by Crippen LogP contribution is -2.44. The highest BCUT2D eigenvalue weighted by molar-refractivity contribution is 14.0. The van der Waals surface area contributed by atoms with Crippen molar-refractivity contribution in [1.82, 2.24) is 10.6 Å². The number of aliphatic imine (C=N–C) groups is 1. The van der Waals surface area contributed by atoms with E-state index in [0.717, 1.165) is 49.2 Å². The van der Waals surface area contributed by atoms with Crippen LogP contribution in [0, 0.1) is 6.92 Å². The van der Waals surface area contributed by atoms with Gasteiger partial charge in [0.1, 0.15) is 11.5 Å². The van der Waals surface area contributed by atoms with Crippen molar-refractivity contribution in [2.45, 2.75) is 25.9 Å². The molecule has 2 aromatic carbocycles. The van der Waals surface area contributed by atoms with Gasteiger partial charge in [-0.2, -0.15) is 0 Å². The zero-order chi connectivity index (χ0) is 19.9. The van der Waals surface area contributed by atoms with Crippen molar-refractivity contribution < 1.29 is 9.47 Å².